The van der Waals surface area contributed by atoms with E-state index in [1.807, 2.05) is 27.7 Å². The Hall–Kier alpha value is -3.76. The summed E-state index contributed by atoms with van der Waals surface area (Å²) in [6.07, 6.45) is 18.8. The molecular weight excluding hydrogens is 640 g/mol. The third-order valence-electron chi connectivity index (χ3n) is 14.8. The Labute approximate surface area is 291 Å². The molecule has 16 atom stereocenters. The van der Waals surface area contributed by atoms with E-state index in [2.05, 4.69) is 48.6 Å². The summed E-state index contributed by atoms with van der Waals surface area (Å²) in [6, 6.07) is 0. The summed E-state index contributed by atoms with van der Waals surface area (Å²) < 4.78 is 34.7. The Morgan fingerprint density at radius 3 is 0.760 bits per heavy atom. The van der Waals surface area contributed by atoms with Crippen LogP contribution in [0.4, 0.5) is 0 Å². The summed E-state index contributed by atoms with van der Waals surface area (Å²) in [5.74, 6) is -1.60. The number of ether oxygens (including phenoxy) is 6. The van der Waals surface area contributed by atoms with Crippen LogP contribution in [0.5, 0.6) is 0 Å². The van der Waals surface area contributed by atoms with Crippen molar-refractivity contribution in [2.75, 3.05) is 28.4 Å². The summed E-state index contributed by atoms with van der Waals surface area (Å²) in [5, 5.41) is 0. The van der Waals surface area contributed by atoms with Crippen LogP contribution in [0, 0.1) is 71.0 Å². The number of methoxy groups -OCH3 is 4. The zero-order valence-corrected chi connectivity index (χ0v) is 29.6. The lowest BCUT2D eigenvalue weighted by Crippen LogP contribution is -2.59. The van der Waals surface area contributed by atoms with Gasteiger partial charge in [0.25, 0.3) is 0 Å². The first-order valence-electron chi connectivity index (χ1n) is 17.7. The maximum absolute atomic E-state index is 13.3. The van der Waals surface area contributed by atoms with E-state index >= 15 is 0 Å². The van der Waals surface area contributed by atoms with E-state index in [-0.39, 0.29) is 93.3 Å². The van der Waals surface area contributed by atoms with E-state index < -0.39 is 46.3 Å². The maximum atomic E-state index is 13.3. The Balaban J connectivity index is 1.13. The molecule has 0 radical (unpaired) electrons. The fraction of sp³-hybridized carbons (Fsp3) is 0.600. The summed E-state index contributed by atoms with van der Waals surface area (Å²) in [7, 11) is 5.33. The molecule has 4 fully saturated rings. The van der Waals surface area contributed by atoms with E-state index in [1.54, 1.807) is 0 Å². The normalized spacial score (nSPS) is 51.7. The van der Waals surface area contributed by atoms with Gasteiger partial charge in [0, 0.05) is 23.7 Å². The van der Waals surface area contributed by atoms with Crippen molar-refractivity contribution in [3.8, 4) is 0 Å². The first-order valence-corrected chi connectivity index (χ1v) is 17.7. The molecule has 0 aromatic rings. The fourth-order valence-electron chi connectivity index (χ4n) is 13.5. The van der Waals surface area contributed by atoms with Gasteiger partial charge in [-0.05, 0) is 75.0 Å². The van der Waals surface area contributed by atoms with Crippen LogP contribution in [0.25, 0.3) is 0 Å². The fourth-order valence-corrected chi connectivity index (χ4v) is 13.5. The highest BCUT2D eigenvalue weighted by molar-refractivity contribution is 6.06. The minimum absolute atomic E-state index is 0.0473. The summed E-state index contributed by atoms with van der Waals surface area (Å²) in [6.45, 7) is 7.76. The van der Waals surface area contributed by atoms with Gasteiger partial charge in [-0.2, -0.15) is 0 Å². The third kappa shape index (κ3) is 3.39. The highest BCUT2D eigenvalue weighted by atomic mass is 16.6. The minimum Gasteiger partial charge on any atom is -0.466 e. The molecule has 0 aromatic heterocycles. The lowest BCUT2D eigenvalue weighted by Gasteiger charge is -2.58. The molecule has 2 saturated carbocycles. The molecule has 0 aromatic carbocycles. The summed E-state index contributed by atoms with van der Waals surface area (Å²) >= 11 is 0. The Kier molecular flexibility index (Phi) is 6.41. The predicted octanol–water partition coefficient (Wildman–Crippen LogP) is 4.08. The number of esters is 4. The second kappa shape index (κ2) is 9.97. The minimum atomic E-state index is -1.02. The molecule has 0 spiro atoms. The van der Waals surface area contributed by atoms with Gasteiger partial charge in [-0.25, -0.2) is 19.2 Å². The molecule has 11 aliphatic rings. The van der Waals surface area contributed by atoms with Gasteiger partial charge < -0.3 is 28.4 Å². The number of carbonyl (C=O) groups is 4. The zero-order valence-electron chi connectivity index (χ0n) is 29.6. The van der Waals surface area contributed by atoms with Crippen molar-refractivity contribution in [1.82, 2.24) is 0 Å². The summed E-state index contributed by atoms with van der Waals surface area (Å²) in [5.41, 5.74) is -2.97. The second-order valence-electron chi connectivity index (χ2n) is 16.4. The van der Waals surface area contributed by atoms with E-state index in [1.165, 1.54) is 28.4 Å². The molecule has 264 valence electrons. The lowest BCUT2D eigenvalue weighted by atomic mass is 9.43. The number of fused-ring (bicyclic) bond motifs is 4. The molecule has 4 aliphatic heterocycles. The topological polar surface area (TPSA) is 124 Å². The molecule has 0 amide bonds. The predicted molar refractivity (Wildman–Crippen MR) is 176 cm³/mol. The number of hydrogen-bond acceptors (Lipinski definition) is 10. The third-order valence-corrected chi connectivity index (χ3v) is 14.8. The van der Waals surface area contributed by atoms with Crippen molar-refractivity contribution in [2.45, 2.75) is 50.1 Å². The summed E-state index contributed by atoms with van der Waals surface area (Å²) in [4.78, 5) is 53.4. The van der Waals surface area contributed by atoms with Gasteiger partial charge >= 0.3 is 23.9 Å². The number of hydrogen-bond donors (Lipinski definition) is 0. The Morgan fingerprint density at radius 1 is 0.400 bits per heavy atom. The molecule has 11 rings (SSSR count). The van der Waals surface area contributed by atoms with Gasteiger partial charge in [-0.1, -0.05) is 48.6 Å². The van der Waals surface area contributed by atoms with E-state index in [9.17, 15) is 19.2 Å². The standard InChI is InChI=1S/C40H44O10/c1-37-25-21-13-14-22(26(25)38(2,49-37)30(34(42)46-6)29(37)33(41)45-5)18-11-12-20-19(10-9-17(18)21)23-15-16-24(20)28-27(23)39(3)31(35(43)47-7)32(36(44)48-8)40(28,4)50-39/h9-28H,1-8H3/b10-9-,12-11-. The average Bonchev–Trinajstić information content (AvgIpc) is 3.70. The highest BCUT2D eigenvalue weighted by Gasteiger charge is 2.77. The largest absolute Gasteiger partial charge is 0.466 e. The van der Waals surface area contributed by atoms with E-state index in [0.717, 1.165) is 0 Å². The van der Waals surface area contributed by atoms with Crippen LogP contribution >= 0.6 is 0 Å². The molecule has 0 N–H and O–H groups in total. The molecule has 2 saturated heterocycles. The van der Waals surface area contributed by atoms with Gasteiger partial charge in [0.05, 0.1) is 50.7 Å². The van der Waals surface area contributed by atoms with Gasteiger partial charge in [0.2, 0.25) is 0 Å². The maximum Gasteiger partial charge on any atom is 0.337 e. The number of allylic oxidation sites excluding steroid dienone is 8. The molecule has 4 heterocycles. The molecule has 10 heteroatoms. The van der Waals surface area contributed by atoms with Crippen molar-refractivity contribution < 1.29 is 47.6 Å². The number of carbonyl (C=O) groups excluding carboxylic acids is 4. The average molecular weight is 685 g/mol. The molecule has 50 heavy (non-hydrogen) atoms. The van der Waals surface area contributed by atoms with Crippen molar-refractivity contribution >= 4 is 23.9 Å². The molecular formula is C40H44O10. The van der Waals surface area contributed by atoms with Gasteiger partial charge in [0.1, 0.15) is 22.4 Å². The van der Waals surface area contributed by atoms with Crippen molar-refractivity contribution in [3.05, 3.63) is 70.9 Å². The molecule has 8 bridgehead atoms. The van der Waals surface area contributed by atoms with Crippen LogP contribution in [0.15, 0.2) is 70.9 Å². The lowest BCUT2D eigenvalue weighted by molar-refractivity contribution is -0.141. The van der Waals surface area contributed by atoms with Crippen LogP contribution in [0.1, 0.15) is 27.7 Å². The first kappa shape index (κ1) is 32.2. The monoisotopic (exact) mass is 684 g/mol. The molecule has 7 aliphatic carbocycles. The van der Waals surface area contributed by atoms with Crippen LogP contribution in [-0.2, 0) is 47.6 Å². The Bertz CT molecular complexity index is 1590. The first-order chi connectivity index (χ1) is 23.8. The van der Waals surface area contributed by atoms with Crippen molar-refractivity contribution in [2.24, 2.45) is 71.0 Å². The van der Waals surface area contributed by atoms with Crippen molar-refractivity contribution in [3.63, 3.8) is 0 Å². The van der Waals surface area contributed by atoms with Crippen LogP contribution in [0.3, 0.4) is 0 Å². The quantitative estimate of drug-likeness (QED) is 0.243. The van der Waals surface area contributed by atoms with Gasteiger partial charge in [-0.3, -0.25) is 0 Å². The second-order valence-corrected chi connectivity index (χ2v) is 16.4. The van der Waals surface area contributed by atoms with E-state index in [4.69, 9.17) is 28.4 Å². The Morgan fingerprint density at radius 2 is 0.580 bits per heavy atom. The van der Waals surface area contributed by atoms with Crippen LogP contribution < -0.4 is 0 Å². The van der Waals surface area contributed by atoms with Gasteiger partial charge in [0.15, 0.2) is 0 Å². The van der Waals surface area contributed by atoms with E-state index in [0.29, 0.717) is 0 Å². The van der Waals surface area contributed by atoms with Crippen LogP contribution in [0.2, 0.25) is 0 Å². The van der Waals surface area contributed by atoms with Crippen molar-refractivity contribution in [1.29, 1.82) is 0 Å². The SMILES string of the molecule is COC(=O)C1=C(C(=O)OC)C2(C)OC1(C)C1C3C=CC(C4/C=C\C5C6C=CC(C5/C=C\C34)C3C6C4(C)OC3(C)C(C(=O)OC)=C4C(=O)OC)C12. The zero-order chi connectivity index (χ0) is 35.4. The molecule has 10 nitrogen and oxygen atoms in total. The molecule has 16 unspecified atom stereocenters. The number of rotatable bonds is 4. The van der Waals surface area contributed by atoms with Gasteiger partial charge in [-0.15, -0.1) is 0 Å². The van der Waals surface area contributed by atoms with Crippen LogP contribution in [-0.4, -0.2) is 74.7 Å². The smallest absolute Gasteiger partial charge is 0.337 e. The highest BCUT2D eigenvalue weighted by Crippen LogP contribution is 2.73.